The van der Waals surface area contributed by atoms with Crippen LogP contribution in [0, 0.1) is 0 Å². The van der Waals surface area contributed by atoms with Crippen LogP contribution in [0.4, 0.5) is 0 Å². The van der Waals surface area contributed by atoms with Crippen LogP contribution in [0.3, 0.4) is 0 Å². The van der Waals surface area contributed by atoms with Gasteiger partial charge in [0.15, 0.2) is 6.61 Å². The van der Waals surface area contributed by atoms with Crippen LogP contribution in [0.25, 0.3) is 0 Å². The number of amides is 1. The van der Waals surface area contributed by atoms with E-state index in [-0.39, 0.29) is 18.6 Å². The highest BCUT2D eigenvalue weighted by molar-refractivity contribution is 5.77. The van der Waals surface area contributed by atoms with Gasteiger partial charge in [-0.3, -0.25) is 4.79 Å². The van der Waals surface area contributed by atoms with E-state index < -0.39 is 0 Å². The molecule has 1 aromatic carbocycles. The third-order valence-electron chi connectivity index (χ3n) is 3.26. The molecule has 1 aromatic rings. The van der Waals surface area contributed by atoms with E-state index >= 15 is 0 Å². The van der Waals surface area contributed by atoms with Crippen molar-refractivity contribution in [1.82, 2.24) is 4.90 Å². The van der Waals surface area contributed by atoms with Crippen molar-refractivity contribution in [2.75, 3.05) is 20.7 Å². The number of ether oxygens (including phenoxy) is 1. The zero-order valence-corrected chi connectivity index (χ0v) is 10.8. The second-order valence-corrected chi connectivity index (χ2v) is 4.85. The van der Waals surface area contributed by atoms with E-state index in [0.29, 0.717) is 5.75 Å². The van der Waals surface area contributed by atoms with E-state index in [4.69, 9.17) is 4.74 Å². The second kappa shape index (κ2) is 5.40. The smallest absolute Gasteiger partial charge is 0.259 e. The maximum Gasteiger partial charge on any atom is 0.259 e. The fourth-order valence-electron chi connectivity index (χ4n) is 2.13. The molecule has 2 rings (SSSR count). The van der Waals surface area contributed by atoms with Gasteiger partial charge < -0.3 is 14.7 Å². The van der Waals surface area contributed by atoms with Crippen molar-refractivity contribution < 1.29 is 14.6 Å². The molecule has 0 aromatic heterocycles. The number of carbonyl (C=O) groups excluding carboxylic acids is 1. The Morgan fingerprint density at radius 2 is 2.28 bits per heavy atom. The van der Waals surface area contributed by atoms with Gasteiger partial charge >= 0.3 is 0 Å². The number of fused-ring (bicyclic) bond motifs is 1. The lowest BCUT2D eigenvalue weighted by Gasteiger charge is -2.22. The van der Waals surface area contributed by atoms with Crippen LogP contribution >= 0.6 is 0 Å². The number of benzene rings is 1. The summed E-state index contributed by atoms with van der Waals surface area (Å²) in [5.74, 6) is 0.630. The third-order valence-corrected chi connectivity index (χ3v) is 3.26. The first-order valence-electron chi connectivity index (χ1n) is 6.22. The molecule has 98 valence electrons. The Kier molecular flexibility index (Phi) is 3.87. The summed E-state index contributed by atoms with van der Waals surface area (Å²) in [4.78, 5) is 12.9. The van der Waals surface area contributed by atoms with Crippen molar-refractivity contribution in [3.05, 3.63) is 29.3 Å². The zero-order valence-electron chi connectivity index (χ0n) is 10.8. The summed E-state index contributed by atoms with van der Waals surface area (Å²) in [6.45, 7) is 0.0499. The molecule has 0 saturated heterocycles. The Morgan fingerprint density at radius 3 is 3.00 bits per heavy atom. The van der Waals surface area contributed by atoms with Crippen LogP contribution in [-0.2, 0) is 11.2 Å². The number of aliphatic hydroxyl groups is 1. The second-order valence-electron chi connectivity index (χ2n) is 4.85. The lowest BCUT2D eigenvalue weighted by Crippen LogP contribution is -2.27. The third kappa shape index (κ3) is 2.82. The molecule has 0 fully saturated rings. The fourth-order valence-corrected chi connectivity index (χ4v) is 2.13. The van der Waals surface area contributed by atoms with E-state index in [9.17, 15) is 9.90 Å². The summed E-state index contributed by atoms with van der Waals surface area (Å²) in [5, 5.41) is 9.84. The monoisotopic (exact) mass is 249 g/mol. The van der Waals surface area contributed by atoms with Gasteiger partial charge in [0.1, 0.15) is 5.75 Å². The van der Waals surface area contributed by atoms with Gasteiger partial charge in [-0.05, 0) is 42.5 Å². The first-order chi connectivity index (χ1) is 8.58. The summed E-state index contributed by atoms with van der Waals surface area (Å²) in [7, 11) is 3.41. The number of aryl methyl sites for hydroxylation is 1. The van der Waals surface area contributed by atoms with Crippen molar-refractivity contribution in [3.63, 3.8) is 0 Å². The molecule has 0 aliphatic heterocycles. The molecule has 1 aliphatic carbocycles. The number of likely N-dealkylation sites (N-methyl/N-ethyl adjacent to an activating group) is 1. The molecule has 0 radical (unpaired) electrons. The van der Waals surface area contributed by atoms with Crippen LogP contribution < -0.4 is 4.74 Å². The lowest BCUT2D eigenvalue weighted by molar-refractivity contribution is -0.130. The lowest BCUT2D eigenvalue weighted by atomic mass is 9.89. The van der Waals surface area contributed by atoms with Crippen LogP contribution in [0.1, 0.15) is 30.1 Å². The number of carbonyl (C=O) groups is 1. The molecule has 0 spiro atoms. The SMILES string of the molecule is CN(C)C(=O)COc1ccc2c(c1)CCCC2O. The number of nitrogens with zero attached hydrogens (tertiary/aromatic N) is 1. The van der Waals surface area contributed by atoms with E-state index in [1.807, 2.05) is 18.2 Å². The maximum atomic E-state index is 11.4. The first kappa shape index (κ1) is 12.9. The summed E-state index contributed by atoms with van der Waals surface area (Å²) in [6.07, 6.45) is 2.43. The summed E-state index contributed by atoms with van der Waals surface area (Å²) in [6, 6.07) is 5.64. The Morgan fingerprint density at radius 1 is 1.50 bits per heavy atom. The highest BCUT2D eigenvalue weighted by atomic mass is 16.5. The predicted molar refractivity (Wildman–Crippen MR) is 68.5 cm³/mol. The van der Waals surface area contributed by atoms with Gasteiger partial charge in [0.2, 0.25) is 0 Å². The summed E-state index contributed by atoms with van der Waals surface area (Å²) >= 11 is 0. The molecule has 4 nitrogen and oxygen atoms in total. The standard InChI is InChI=1S/C14H19NO3/c1-15(2)14(17)9-18-11-6-7-12-10(8-11)4-3-5-13(12)16/h6-8,13,16H,3-5,9H2,1-2H3. The topological polar surface area (TPSA) is 49.8 Å². The molecule has 0 bridgehead atoms. The quantitative estimate of drug-likeness (QED) is 0.883. The molecular weight excluding hydrogens is 230 g/mol. The Balaban J connectivity index is 2.05. The van der Waals surface area contributed by atoms with Crippen LogP contribution in [-0.4, -0.2) is 36.6 Å². The van der Waals surface area contributed by atoms with Gasteiger partial charge in [0, 0.05) is 14.1 Å². The Bertz CT molecular complexity index is 443. The van der Waals surface area contributed by atoms with Crippen molar-refractivity contribution in [2.24, 2.45) is 0 Å². The largest absolute Gasteiger partial charge is 0.484 e. The van der Waals surface area contributed by atoms with E-state index in [2.05, 4.69) is 0 Å². The molecule has 1 aliphatic rings. The predicted octanol–water partition coefficient (Wildman–Crippen LogP) is 1.52. The van der Waals surface area contributed by atoms with Crippen LogP contribution in [0.15, 0.2) is 18.2 Å². The maximum absolute atomic E-state index is 11.4. The average molecular weight is 249 g/mol. The molecule has 1 unspecified atom stereocenters. The molecule has 0 heterocycles. The molecular formula is C14H19NO3. The van der Waals surface area contributed by atoms with Crippen molar-refractivity contribution in [2.45, 2.75) is 25.4 Å². The summed E-state index contributed by atoms with van der Waals surface area (Å²) in [5.41, 5.74) is 2.12. The van der Waals surface area contributed by atoms with Crippen molar-refractivity contribution >= 4 is 5.91 Å². The van der Waals surface area contributed by atoms with Crippen LogP contribution in [0.2, 0.25) is 0 Å². The average Bonchev–Trinajstić information content (AvgIpc) is 2.36. The highest BCUT2D eigenvalue weighted by Crippen LogP contribution is 2.31. The summed E-state index contributed by atoms with van der Waals surface area (Å²) < 4.78 is 5.46. The van der Waals surface area contributed by atoms with Crippen molar-refractivity contribution in [1.29, 1.82) is 0 Å². The molecule has 4 heteroatoms. The van der Waals surface area contributed by atoms with E-state index in [0.717, 1.165) is 30.4 Å². The number of aliphatic hydroxyl groups excluding tert-OH is 1. The number of hydrogen-bond donors (Lipinski definition) is 1. The van der Waals surface area contributed by atoms with Gasteiger partial charge in [-0.15, -0.1) is 0 Å². The van der Waals surface area contributed by atoms with Crippen molar-refractivity contribution in [3.8, 4) is 5.75 Å². The minimum Gasteiger partial charge on any atom is -0.484 e. The zero-order chi connectivity index (χ0) is 13.1. The highest BCUT2D eigenvalue weighted by Gasteiger charge is 2.18. The number of rotatable bonds is 3. The first-order valence-corrected chi connectivity index (χ1v) is 6.22. The van der Waals surface area contributed by atoms with E-state index in [1.165, 1.54) is 4.90 Å². The van der Waals surface area contributed by atoms with Gasteiger partial charge in [0.25, 0.3) is 5.91 Å². The Hall–Kier alpha value is -1.55. The molecule has 18 heavy (non-hydrogen) atoms. The molecule has 1 N–H and O–H groups in total. The Labute approximate surface area is 107 Å². The molecule has 1 amide bonds. The normalized spacial score (nSPS) is 18.1. The van der Waals surface area contributed by atoms with Gasteiger partial charge in [0.05, 0.1) is 6.10 Å². The van der Waals surface area contributed by atoms with Gasteiger partial charge in [-0.25, -0.2) is 0 Å². The molecule has 0 saturated carbocycles. The van der Waals surface area contributed by atoms with E-state index in [1.54, 1.807) is 14.1 Å². The molecule has 1 atom stereocenters. The fraction of sp³-hybridized carbons (Fsp3) is 0.500. The van der Waals surface area contributed by atoms with Gasteiger partial charge in [-0.1, -0.05) is 6.07 Å². The van der Waals surface area contributed by atoms with Crippen LogP contribution in [0.5, 0.6) is 5.75 Å². The van der Waals surface area contributed by atoms with Gasteiger partial charge in [-0.2, -0.15) is 0 Å². The minimum absolute atomic E-state index is 0.0499. The number of hydrogen-bond acceptors (Lipinski definition) is 3. The minimum atomic E-state index is -0.355.